The summed E-state index contributed by atoms with van der Waals surface area (Å²) in [6.07, 6.45) is 4.56. The second-order valence-electron chi connectivity index (χ2n) is 1.96. The normalized spacial score (nSPS) is 13.6. The zero-order valence-corrected chi connectivity index (χ0v) is 5.49. The Morgan fingerprint density at radius 2 is 2.56 bits per heavy atom. The summed E-state index contributed by atoms with van der Waals surface area (Å²) in [7, 11) is 0. The fraction of sp³-hybridized carbons (Fsp3) is 0.500. The van der Waals surface area contributed by atoms with Crippen LogP contribution >= 0.6 is 0 Å². The monoisotopic (exact) mass is 125 g/mol. The molecular formula is C6H11N3. The van der Waals surface area contributed by atoms with Gasteiger partial charge in [0.05, 0.1) is 6.17 Å². The van der Waals surface area contributed by atoms with Gasteiger partial charge in [0, 0.05) is 12.4 Å². The average Bonchev–Trinajstić information content (AvgIpc) is 2.37. The van der Waals surface area contributed by atoms with E-state index in [0.29, 0.717) is 0 Å². The van der Waals surface area contributed by atoms with Crippen LogP contribution in [-0.2, 0) is 0 Å². The van der Waals surface area contributed by atoms with Crippen LogP contribution in [0.25, 0.3) is 0 Å². The van der Waals surface area contributed by atoms with Crippen molar-refractivity contribution in [1.82, 2.24) is 9.78 Å². The zero-order chi connectivity index (χ0) is 6.69. The summed E-state index contributed by atoms with van der Waals surface area (Å²) < 4.78 is 1.75. The minimum absolute atomic E-state index is 0.0417. The van der Waals surface area contributed by atoms with E-state index >= 15 is 0 Å². The molecule has 0 aliphatic heterocycles. The van der Waals surface area contributed by atoms with Crippen LogP contribution in [0.2, 0.25) is 0 Å². The lowest BCUT2D eigenvalue weighted by Gasteiger charge is -2.07. The first-order valence-electron chi connectivity index (χ1n) is 3.09. The van der Waals surface area contributed by atoms with Crippen molar-refractivity contribution in [3.05, 3.63) is 18.5 Å². The number of aromatic nitrogens is 2. The molecule has 50 valence electrons. The van der Waals surface area contributed by atoms with E-state index in [1.54, 1.807) is 10.9 Å². The summed E-state index contributed by atoms with van der Waals surface area (Å²) in [6, 6.07) is 1.87. The van der Waals surface area contributed by atoms with Gasteiger partial charge in [0.1, 0.15) is 0 Å². The van der Waals surface area contributed by atoms with Gasteiger partial charge < -0.3 is 5.73 Å². The molecule has 3 heteroatoms. The maximum absolute atomic E-state index is 5.64. The van der Waals surface area contributed by atoms with E-state index in [-0.39, 0.29) is 6.17 Å². The highest BCUT2D eigenvalue weighted by Gasteiger charge is 1.97. The molecular weight excluding hydrogens is 114 g/mol. The Hall–Kier alpha value is -0.830. The van der Waals surface area contributed by atoms with Gasteiger partial charge >= 0.3 is 0 Å². The molecule has 1 atom stereocenters. The average molecular weight is 125 g/mol. The van der Waals surface area contributed by atoms with E-state index in [1.165, 1.54) is 0 Å². The highest BCUT2D eigenvalue weighted by Crippen LogP contribution is 1.98. The summed E-state index contributed by atoms with van der Waals surface area (Å²) in [5.74, 6) is 0. The maximum Gasteiger partial charge on any atom is 0.0985 e. The van der Waals surface area contributed by atoms with Crippen LogP contribution in [0, 0.1) is 0 Å². The van der Waals surface area contributed by atoms with Gasteiger partial charge in [-0.25, -0.2) is 0 Å². The molecule has 0 saturated heterocycles. The van der Waals surface area contributed by atoms with Gasteiger partial charge in [-0.1, -0.05) is 6.92 Å². The van der Waals surface area contributed by atoms with E-state index in [1.807, 2.05) is 19.2 Å². The van der Waals surface area contributed by atoms with Crippen LogP contribution in [0.3, 0.4) is 0 Å². The second kappa shape index (κ2) is 2.64. The predicted octanol–water partition coefficient (Wildman–Crippen LogP) is 0.750. The summed E-state index contributed by atoms with van der Waals surface area (Å²) in [5.41, 5.74) is 5.64. The van der Waals surface area contributed by atoms with E-state index in [9.17, 15) is 0 Å². The van der Waals surface area contributed by atoms with Crippen molar-refractivity contribution in [2.75, 3.05) is 0 Å². The predicted molar refractivity (Wildman–Crippen MR) is 35.7 cm³/mol. The van der Waals surface area contributed by atoms with E-state index in [2.05, 4.69) is 5.10 Å². The highest BCUT2D eigenvalue weighted by molar-refractivity contribution is 4.79. The van der Waals surface area contributed by atoms with Crippen molar-refractivity contribution in [2.45, 2.75) is 19.5 Å². The van der Waals surface area contributed by atoms with Gasteiger partial charge in [0.15, 0.2) is 0 Å². The van der Waals surface area contributed by atoms with Crippen molar-refractivity contribution in [1.29, 1.82) is 0 Å². The van der Waals surface area contributed by atoms with Crippen LogP contribution in [0.5, 0.6) is 0 Å². The van der Waals surface area contributed by atoms with Crippen LogP contribution in [-0.4, -0.2) is 9.78 Å². The first-order chi connectivity index (χ1) is 4.34. The van der Waals surface area contributed by atoms with Gasteiger partial charge in [-0.15, -0.1) is 0 Å². The van der Waals surface area contributed by atoms with Crippen LogP contribution < -0.4 is 5.73 Å². The Kier molecular flexibility index (Phi) is 1.85. The molecule has 0 spiro atoms. The van der Waals surface area contributed by atoms with E-state index in [4.69, 9.17) is 5.73 Å². The molecule has 3 nitrogen and oxygen atoms in total. The first kappa shape index (κ1) is 6.29. The third-order valence-corrected chi connectivity index (χ3v) is 1.28. The summed E-state index contributed by atoms with van der Waals surface area (Å²) >= 11 is 0. The standard InChI is InChI=1S/C6H11N3/c1-2-6(7)9-5-3-4-8-9/h3-6H,2,7H2,1H3. The molecule has 0 aromatic carbocycles. The molecule has 0 aliphatic carbocycles. The molecule has 0 amide bonds. The number of hydrogen-bond acceptors (Lipinski definition) is 2. The smallest absolute Gasteiger partial charge is 0.0985 e. The Morgan fingerprint density at radius 3 is 3.00 bits per heavy atom. The molecule has 9 heavy (non-hydrogen) atoms. The Bertz CT molecular complexity index is 157. The molecule has 1 aromatic rings. The Morgan fingerprint density at radius 1 is 1.78 bits per heavy atom. The van der Waals surface area contributed by atoms with Crippen LogP contribution in [0.15, 0.2) is 18.5 Å². The summed E-state index contributed by atoms with van der Waals surface area (Å²) in [6.45, 7) is 2.03. The molecule has 1 aromatic heterocycles. The Labute approximate surface area is 54.5 Å². The number of nitrogens with two attached hydrogens (primary N) is 1. The lowest BCUT2D eigenvalue weighted by Crippen LogP contribution is -2.17. The molecule has 0 fully saturated rings. The molecule has 1 rings (SSSR count). The van der Waals surface area contributed by atoms with Gasteiger partial charge in [0.2, 0.25) is 0 Å². The van der Waals surface area contributed by atoms with E-state index < -0.39 is 0 Å². The SMILES string of the molecule is CCC(N)n1cccn1. The minimum Gasteiger partial charge on any atom is -0.310 e. The minimum atomic E-state index is 0.0417. The number of nitrogens with zero attached hydrogens (tertiary/aromatic N) is 2. The molecule has 0 aliphatic rings. The van der Waals surface area contributed by atoms with Crippen molar-refractivity contribution < 1.29 is 0 Å². The lowest BCUT2D eigenvalue weighted by atomic mass is 10.4. The number of rotatable bonds is 2. The first-order valence-corrected chi connectivity index (χ1v) is 3.09. The summed E-state index contributed by atoms with van der Waals surface area (Å²) in [5, 5.41) is 3.98. The van der Waals surface area contributed by atoms with Crippen molar-refractivity contribution in [3.8, 4) is 0 Å². The zero-order valence-electron chi connectivity index (χ0n) is 5.49. The van der Waals surface area contributed by atoms with Crippen molar-refractivity contribution in [2.24, 2.45) is 5.73 Å². The second-order valence-corrected chi connectivity index (χ2v) is 1.96. The molecule has 0 radical (unpaired) electrons. The fourth-order valence-electron chi connectivity index (χ4n) is 0.664. The molecule has 1 unspecified atom stereocenters. The van der Waals surface area contributed by atoms with Crippen molar-refractivity contribution in [3.63, 3.8) is 0 Å². The fourth-order valence-corrected chi connectivity index (χ4v) is 0.664. The molecule has 0 saturated carbocycles. The van der Waals surface area contributed by atoms with Gasteiger partial charge in [0.25, 0.3) is 0 Å². The Balaban J connectivity index is 2.65. The lowest BCUT2D eigenvalue weighted by molar-refractivity contribution is 0.456. The van der Waals surface area contributed by atoms with E-state index in [0.717, 1.165) is 6.42 Å². The molecule has 0 bridgehead atoms. The van der Waals surface area contributed by atoms with Gasteiger partial charge in [-0.3, -0.25) is 4.68 Å². The summed E-state index contributed by atoms with van der Waals surface area (Å²) in [4.78, 5) is 0. The van der Waals surface area contributed by atoms with Crippen molar-refractivity contribution >= 4 is 0 Å². The highest BCUT2D eigenvalue weighted by atomic mass is 15.3. The topological polar surface area (TPSA) is 43.8 Å². The largest absolute Gasteiger partial charge is 0.310 e. The third-order valence-electron chi connectivity index (χ3n) is 1.28. The molecule has 1 heterocycles. The maximum atomic E-state index is 5.64. The molecule has 2 N–H and O–H groups in total. The number of hydrogen-bond donors (Lipinski definition) is 1. The van der Waals surface area contributed by atoms with Gasteiger partial charge in [-0.05, 0) is 12.5 Å². The van der Waals surface area contributed by atoms with Gasteiger partial charge in [-0.2, -0.15) is 5.10 Å². The quantitative estimate of drug-likeness (QED) is 0.633. The van der Waals surface area contributed by atoms with Crippen LogP contribution in [0.4, 0.5) is 0 Å². The third kappa shape index (κ3) is 1.29. The van der Waals surface area contributed by atoms with Crippen LogP contribution in [0.1, 0.15) is 19.5 Å².